The highest BCUT2D eigenvalue weighted by atomic mass is 32.1. The zero-order valence-corrected chi connectivity index (χ0v) is 25.6. The van der Waals surface area contributed by atoms with Crippen LogP contribution in [0.25, 0.3) is 11.3 Å². The van der Waals surface area contributed by atoms with Crippen LogP contribution in [0.3, 0.4) is 0 Å². The van der Waals surface area contributed by atoms with Crippen molar-refractivity contribution < 1.29 is 33.2 Å². The number of carbonyl (C=O) groups is 4. The van der Waals surface area contributed by atoms with Crippen molar-refractivity contribution in [1.82, 2.24) is 36.3 Å². The molecule has 0 fully saturated rings. The third-order valence-electron chi connectivity index (χ3n) is 7.00. The fourth-order valence-electron chi connectivity index (χ4n) is 4.51. The Morgan fingerprint density at radius 3 is 2.43 bits per heavy atom. The fourth-order valence-corrected chi connectivity index (χ4v) is 5.35. The minimum atomic E-state index is -1.39. The summed E-state index contributed by atoms with van der Waals surface area (Å²) in [7, 11) is 0. The minimum absolute atomic E-state index is 0.105. The maximum atomic E-state index is 13.4. The molecule has 1 aromatic carbocycles. The smallest absolute Gasteiger partial charge is 0.274 e. The number of halogens is 1. The number of nitrogens with zero attached hydrogens (tertiary/aromatic N) is 3. The van der Waals surface area contributed by atoms with Gasteiger partial charge in [0.2, 0.25) is 17.7 Å². The van der Waals surface area contributed by atoms with Crippen LogP contribution in [-0.4, -0.2) is 81.1 Å². The lowest BCUT2D eigenvalue weighted by Gasteiger charge is -2.26. The van der Waals surface area contributed by atoms with E-state index in [1.807, 2.05) is 10.3 Å². The molecular weight excluding hydrogens is 593 g/mol. The molecular formula is C29H36FN7O6S. The zero-order valence-electron chi connectivity index (χ0n) is 24.8. The first-order valence-corrected chi connectivity index (χ1v) is 15.0. The molecule has 1 aliphatic heterocycles. The van der Waals surface area contributed by atoms with Crippen LogP contribution < -0.4 is 21.3 Å². The van der Waals surface area contributed by atoms with Crippen molar-refractivity contribution in [2.75, 3.05) is 13.1 Å². The molecule has 0 unspecified atom stereocenters. The Morgan fingerprint density at radius 2 is 1.75 bits per heavy atom. The molecule has 0 spiro atoms. The van der Waals surface area contributed by atoms with E-state index in [-0.39, 0.29) is 30.5 Å². The number of rotatable bonds is 5. The monoisotopic (exact) mass is 629 g/mol. The first-order chi connectivity index (χ1) is 20.9. The maximum absolute atomic E-state index is 13.4. The van der Waals surface area contributed by atoms with Crippen molar-refractivity contribution in [2.24, 2.45) is 5.92 Å². The molecule has 15 heteroatoms. The molecule has 236 valence electrons. The zero-order chi connectivity index (χ0) is 32.0. The van der Waals surface area contributed by atoms with Gasteiger partial charge in [0.05, 0.1) is 24.9 Å². The van der Waals surface area contributed by atoms with E-state index < -0.39 is 47.9 Å². The quantitative estimate of drug-likeness (QED) is 0.277. The number of fused-ring (bicyclic) bond motifs is 2. The predicted molar refractivity (Wildman–Crippen MR) is 158 cm³/mol. The Kier molecular flexibility index (Phi) is 10.8. The van der Waals surface area contributed by atoms with Gasteiger partial charge in [-0.1, -0.05) is 19.0 Å². The summed E-state index contributed by atoms with van der Waals surface area (Å²) in [5, 5.41) is 27.1. The van der Waals surface area contributed by atoms with Gasteiger partial charge in [0.1, 0.15) is 29.0 Å². The topological polar surface area (TPSA) is 179 Å². The van der Waals surface area contributed by atoms with E-state index in [0.29, 0.717) is 24.5 Å². The lowest BCUT2D eigenvalue weighted by atomic mass is 10.0. The normalized spacial score (nSPS) is 21.9. The standard InChI is InChI=1S/C29H36FN7O6S/c1-15(2)24-28(41)31-9-10-37(13-23-33-22(14-44-23)18-5-7-19(30)8-6-18)12-20-11-21(36-43-20)27(40)35-25(17(4)38)29(42)32-16(3)26(39)34-24/h5-8,11,14-17,24-25,38H,9-10,12-13H2,1-4H3,(H,31,41)(H,32,42)(H,34,39)(H,35,40)/t16-,17+,24-,25-/m0/s1. The number of nitrogens with one attached hydrogen (secondary N) is 4. The van der Waals surface area contributed by atoms with Gasteiger partial charge in [-0.05, 0) is 44.0 Å². The Bertz CT molecular complexity index is 1470. The molecule has 0 aliphatic carbocycles. The summed E-state index contributed by atoms with van der Waals surface area (Å²) in [6.45, 7) is 7.46. The summed E-state index contributed by atoms with van der Waals surface area (Å²) in [6, 6.07) is 4.13. The second-order valence-electron chi connectivity index (χ2n) is 11.0. The predicted octanol–water partition coefficient (Wildman–Crippen LogP) is 1.19. The largest absolute Gasteiger partial charge is 0.391 e. The highest BCUT2D eigenvalue weighted by Gasteiger charge is 2.32. The lowest BCUT2D eigenvalue weighted by molar-refractivity contribution is -0.133. The van der Waals surface area contributed by atoms with Gasteiger partial charge in [0, 0.05) is 30.1 Å². The molecule has 3 heterocycles. The van der Waals surface area contributed by atoms with Crippen molar-refractivity contribution in [1.29, 1.82) is 0 Å². The molecule has 44 heavy (non-hydrogen) atoms. The molecule has 2 bridgehead atoms. The van der Waals surface area contributed by atoms with Crippen LogP contribution in [0, 0.1) is 11.7 Å². The summed E-state index contributed by atoms with van der Waals surface area (Å²) in [4.78, 5) is 58.5. The fraction of sp³-hybridized carbons (Fsp3) is 0.448. The Balaban J connectivity index is 1.59. The molecule has 13 nitrogen and oxygen atoms in total. The third-order valence-corrected chi connectivity index (χ3v) is 7.83. The van der Waals surface area contributed by atoms with Crippen molar-refractivity contribution >= 4 is 35.0 Å². The molecule has 4 atom stereocenters. The van der Waals surface area contributed by atoms with Gasteiger partial charge in [-0.25, -0.2) is 9.37 Å². The van der Waals surface area contributed by atoms with Crippen LogP contribution in [0.4, 0.5) is 4.39 Å². The average molecular weight is 630 g/mol. The molecule has 4 rings (SSSR count). The summed E-state index contributed by atoms with van der Waals surface area (Å²) in [5.41, 5.74) is 1.36. The summed E-state index contributed by atoms with van der Waals surface area (Å²) < 4.78 is 18.8. The first-order valence-electron chi connectivity index (χ1n) is 14.2. The SMILES string of the molecule is CC(C)[C@@H]1NC(=O)[C@H](C)NC(=O)[C@H]([C@@H](C)O)NC(=O)c2cc(on2)CN(Cc2nc(-c3ccc(F)cc3)cs2)CCNC1=O. The van der Waals surface area contributed by atoms with E-state index in [4.69, 9.17) is 4.52 Å². The number of aliphatic hydroxyl groups is 1. The van der Waals surface area contributed by atoms with E-state index in [9.17, 15) is 28.7 Å². The van der Waals surface area contributed by atoms with Gasteiger partial charge >= 0.3 is 0 Å². The van der Waals surface area contributed by atoms with Crippen LogP contribution in [0.1, 0.15) is 49.0 Å². The number of benzene rings is 1. The van der Waals surface area contributed by atoms with Gasteiger partial charge in [0.25, 0.3) is 5.91 Å². The number of aromatic nitrogens is 2. The van der Waals surface area contributed by atoms with E-state index >= 15 is 0 Å². The number of amides is 4. The van der Waals surface area contributed by atoms with Gasteiger partial charge in [-0.2, -0.15) is 0 Å². The highest BCUT2D eigenvalue weighted by Crippen LogP contribution is 2.23. The van der Waals surface area contributed by atoms with Crippen LogP contribution in [-0.2, 0) is 27.5 Å². The Labute approximate surface area is 257 Å². The maximum Gasteiger partial charge on any atom is 0.274 e. The molecule has 0 radical (unpaired) electrons. The molecule has 3 aromatic rings. The van der Waals surface area contributed by atoms with Crippen LogP contribution >= 0.6 is 11.3 Å². The Hall–Kier alpha value is -4.21. The second-order valence-corrected chi connectivity index (χ2v) is 11.9. The van der Waals surface area contributed by atoms with E-state index in [0.717, 1.165) is 10.6 Å². The summed E-state index contributed by atoms with van der Waals surface area (Å²) in [5.74, 6) is -2.79. The van der Waals surface area contributed by atoms with Crippen molar-refractivity contribution in [3.05, 3.63) is 58.0 Å². The molecule has 4 amide bonds. The Morgan fingerprint density at radius 1 is 1.02 bits per heavy atom. The average Bonchev–Trinajstić information content (AvgIpc) is 3.63. The lowest BCUT2D eigenvalue weighted by Crippen LogP contribution is -2.58. The highest BCUT2D eigenvalue weighted by molar-refractivity contribution is 7.09. The van der Waals surface area contributed by atoms with Crippen molar-refractivity contribution in [3.63, 3.8) is 0 Å². The molecule has 0 saturated heterocycles. The first kappa shape index (κ1) is 32.7. The number of aliphatic hydroxyl groups excluding tert-OH is 1. The van der Waals surface area contributed by atoms with Gasteiger partial charge in [-0.15, -0.1) is 11.3 Å². The van der Waals surface area contributed by atoms with Crippen molar-refractivity contribution in [2.45, 2.75) is 65.0 Å². The minimum Gasteiger partial charge on any atom is -0.391 e. The van der Waals surface area contributed by atoms with E-state index in [1.54, 1.807) is 26.0 Å². The number of hydrogen-bond acceptors (Lipinski definition) is 10. The van der Waals surface area contributed by atoms with Crippen LogP contribution in [0.2, 0.25) is 0 Å². The second kappa shape index (κ2) is 14.5. The molecule has 5 N–H and O–H groups in total. The summed E-state index contributed by atoms with van der Waals surface area (Å²) >= 11 is 1.42. The third kappa shape index (κ3) is 8.45. The molecule has 2 aromatic heterocycles. The van der Waals surface area contributed by atoms with E-state index in [1.165, 1.54) is 43.4 Å². The van der Waals surface area contributed by atoms with Crippen LogP contribution in [0.5, 0.6) is 0 Å². The molecule has 1 aliphatic rings. The number of carbonyl (C=O) groups excluding carboxylic acids is 4. The van der Waals surface area contributed by atoms with Gasteiger partial charge < -0.3 is 30.9 Å². The summed E-state index contributed by atoms with van der Waals surface area (Å²) in [6.07, 6.45) is -1.30. The van der Waals surface area contributed by atoms with Crippen LogP contribution in [0.15, 0.2) is 40.2 Å². The molecule has 0 saturated carbocycles. The van der Waals surface area contributed by atoms with Gasteiger partial charge in [0.15, 0.2) is 11.5 Å². The van der Waals surface area contributed by atoms with Crippen molar-refractivity contribution in [3.8, 4) is 11.3 Å². The van der Waals surface area contributed by atoms with Gasteiger partial charge in [-0.3, -0.25) is 24.1 Å². The number of hydrogen-bond donors (Lipinski definition) is 5. The van der Waals surface area contributed by atoms with E-state index in [2.05, 4.69) is 31.4 Å². The number of thiazole rings is 1.